The number of rotatable bonds is 0. The van der Waals surface area contributed by atoms with Gasteiger partial charge in [-0.25, -0.2) is 15.0 Å². The first-order valence-corrected chi connectivity index (χ1v) is 4.45. The van der Waals surface area contributed by atoms with Gasteiger partial charge in [-0.05, 0) is 6.07 Å². The van der Waals surface area contributed by atoms with Crippen LogP contribution in [0.5, 0.6) is 0 Å². The molecule has 66 valence electrons. The maximum absolute atomic E-state index is 5.84. The lowest BCUT2D eigenvalue weighted by molar-refractivity contribution is 1.22. The first kappa shape index (κ1) is 8.94. The van der Waals surface area contributed by atoms with Gasteiger partial charge in [0.15, 0.2) is 16.0 Å². The van der Waals surface area contributed by atoms with Crippen LogP contribution in [-0.4, -0.2) is 15.0 Å². The largest absolute Gasteiger partial charge is 0.235 e. The Kier molecular flexibility index (Phi) is 2.24. The quantitative estimate of drug-likeness (QED) is 0.703. The van der Waals surface area contributed by atoms with Gasteiger partial charge in [-0.15, -0.1) is 0 Å². The van der Waals surface area contributed by atoms with Crippen LogP contribution in [0.25, 0.3) is 11.2 Å². The molecular formula is C7H2Cl3N3. The number of hydrogen-bond donors (Lipinski definition) is 0. The normalized spacial score (nSPS) is 10.7. The Labute approximate surface area is 88.7 Å². The van der Waals surface area contributed by atoms with Gasteiger partial charge < -0.3 is 0 Å². The van der Waals surface area contributed by atoms with E-state index in [2.05, 4.69) is 15.0 Å². The van der Waals surface area contributed by atoms with Gasteiger partial charge in [-0.3, -0.25) is 0 Å². The van der Waals surface area contributed by atoms with Crippen molar-refractivity contribution in [2.24, 2.45) is 0 Å². The summed E-state index contributed by atoms with van der Waals surface area (Å²) in [5.74, 6) is 0. The number of pyridine rings is 1. The van der Waals surface area contributed by atoms with E-state index >= 15 is 0 Å². The van der Waals surface area contributed by atoms with Crippen LogP contribution in [0.1, 0.15) is 0 Å². The van der Waals surface area contributed by atoms with Crippen molar-refractivity contribution in [1.29, 1.82) is 0 Å². The lowest BCUT2D eigenvalue weighted by Crippen LogP contribution is -1.89. The van der Waals surface area contributed by atoms with E-state index in [0.29, 0.717) is 16.2 Å². The van der Waals surface area contributed by atoms with Crippen molar-refractivity contribution in [1.82, 2.24) is 15.0 Å². The van der Waals surface area contributed by atoms with Crippen molar-refractivity contribution in [2.45, 2.75) is 0 Å². The molecule has 0 unspecified atom stereocenters. The highest BCUT2D eigenvalue weighted by Crippen LogP contribution is 2.23. The number of nitrogens with zero attached hydrogens (tertiary/aromatic N) is 3. The van der Waals surface area contributed by atoms with Gasteiger partial charge in [0, 0.05) is 6.20 Å². The molecule has 0 saturated carbocycles. The van der Waals surface area contributed by atoms with E-state index in [1.165, 1.54) is 6.20 Å². The zero-order valence-corrected chi connectivity index (χ0v) is 8.40. The Morgan fingerprint density at radius 1 is 1.00 bits per heavy atom. The van der Waals surface area contributed by atoms with Crippen LogP contribution in [0.2, 0.25) is 15.3 Å². The Morgan fingerprint density at radius 2 is 1.69 bits per heavy atom. The van der Waals surface area contributed by atoms with Crippen molar-refractivity contribution in [3.8, 4) is 0 Å². The first-order chi connectivity index (χ1) is 6.18. The lowest BCUT2D eigenvalue weighted by Gasteiger charge is -1.99. The smallest absolute Gasteiger partial charge is 0.181 e. The third-order valence-corrected chi connectivity index (χ3v) is 2.37. The van der Waals surface area contributed by atoms with Crippen LogP contribution >= 0.6 is 34.8 Å². The molecule has 0 amide bonds. The lowest BCUT2D eigenvalue weighted by atomic mass is 10.4. The molecule has 13 heavy (non-hydrogen) atoms. The fourth-order valence-corrected chi connectivity index (χ4v) is 1.32. The van der Waals surface area contributed by atoms with Gasteiger partial charge in [0.1, 0.15) is 5.52 Å². The maximum atomic E-state index is 5.84. The number of aromatic nitrogens is 3. The highest BCUT2D eigenvalue weighted by atomic mass is 35.5. The molecule has 0 aliphatic rings. The zero-order valence-electron chi connectivity index (χ0n) is 6.13. The first-order valence-electron chi connectivity index (χ1n) is 3.32. The third kappa shape index (κ3) is 1.55. The number of hydrogen-bond acceptors (Lipinski definition) is 3. The summed E-state index contributed by atoms with van der Waals surface area (Å²) in [5.41, 5.74) is 0.848. The second kappa shape index (κ2) is 3.25. The summed E-state index contributed by atoms with van der Waals surface area (Å²) in [5, 5.41) is 0.712. The summed E-state index contributed by atoms with van der Waals surface area (Å²) in [6.07, 6.45) is 1.53. The second-order valence-electron chi connectivity index (χ2n) is 2.27. The van der Waals surface area contributed by atoms with Crippen LogP contribution in [0.15, 0.2) is 12.3 Å². The summed E-state index contributed by atoms with van der Waals surface area (Å²) in [4.78, 5) is 11.8. The topological polar surface area (TPSA) is 38.7 Å². The van der Waals surface area contributed by atoms with Crippen molar-refractivity contribution in [3.63, 3.8) is 0 Å². The van der Waals surface area contributed by atoms with Gasteiger partial charge >= 0.3 is 0 Å². The molecule has 0 N–H and O–H groups in total. The monoisotopic (exact) mass is 233 g/mol. The molecule has 0 radical (unpaired) electrons. The van der Waals surface area contributed by atoms with E-state index in [-0.39, 0.29) is 10.3 Å². The van der Waals surface area contributed by atoms with Crippen molar-refractivity contribution in [2.75, 3.05) is 0 Å². The SMILES string of the molecule is Clc1nc2nccc(Cl)c2nc1Cl. The van der Waals surface area contributed by atoms with Crippen molar-refractivity contribution in [3.05, 3.63) is 27.6 Å². The predicted octanol–water partition coefficient (Wildman–Crippen LogP) is 2.99. The van der Waals surface area contributed by atoms with Gasteiger partial charge in [0.25, 0.3) is 0 Å². The molecule has 3 nitrogen and oxygen atoms in total. The molecule has 2 rings (SSSR count). The van der Waals surface area contributed by atoms with E-state index in [1.807, 2.05) is 0 Å². The fraction of sp³-hybridized carbons (Fsp3) is 0. The van der Waals surface area contributed by atoms with E-state index in [9.17, 15) is 0 Å². The molecule has 2 aromatic heterocycles. The van der Waals surface area contributed by atoms with Gasteiger partial charge in [-0.1, -0.05) is 34.8 Å². The zero-order chi connectivity index (χ0) is 9.42. The predicted molar refractivity (Wildman–Crippen MR) is 52.4 cm³/mol. The van der Waals surface area contributed by atoms with E-state index in [0.717, 1.165) is 0 Å². The Hall–Kier alpha value is -0.640. The number of fused-ring (bicyclic) bond motifs is 1. The molecule has 6 heteroatoms. The van der Waals surface area contributed by atoms with Gasteiger partial charge in [-0.2, -0.15) is 0 Å². The molecule has 0 aromatic carbocycles. The van der Waals surface area contributed by atoms with Crippen molar-refractivity contribution >= 4 is 46.0 Å². The molecule has 0 spiro atoms. The standard InChI is InChI=1S/C7H2Cl3N3/c8-3-1-2-11-7-4(3)12-5(9)6(10)13-7/h1-2H. The summed E-state index contributed by atoms with van der Waals surface area (Å²) < 4.78 is 0. The molecule has 0 atom stereocenters. The summed E-state index contributed by atoms with van der Waals surface area (Å²) in [7, 11) is 0. The summed E-state index contributed by atoms with van der Waals surface area (Å²) in [6.45, 7) is 0. The van der Waals surface area contributed by atoms with Crippen LogP contribution < -0.4 is 0 Å². The molecule has 0 saturated heterocycles. The second-order valence-corrected chi connectivity index (χ2v) is 3.39. The Balaban J connectivity index is 2.89. The molecule has 0 bridgehead atoms. The minimum absolute atomic E-state index is 0.129. The van der Waals surface area contributed by atoms with E-state index in [1.54, 1.807) is 6.07 Å². The van der Waals surface area contributed by atoms with Crippen molar-refractivity contribution < 1.29 is 0 Å². The highest BCUT2D eigenvalue weighted by Gasteiger charge is 2.07. The average Bonchev–Trinajstić information content (AvgIpc) is 2.09. The Bertz CT molecular complexity index is 472. The fourth-order valence-electron chi connectivity index (χ4n) is 0.889. The molecule has 0 aliphatic carbocycles. The molecule has 0 fully saturated rings. The third-order valence-electron chi connectivity index (χ3n) is 1.44. The minimum atomic E-state index is 0.129. The summed E-state index contributed by atoms with van der Waals surface area (Å²) in [6, 6.07) is 1.61. The van der Waals surface area contributed by atoms with Crippen LogP contribution in [-0.2, 0) is 0 Å². The van der Waals surface area contributed by atoms with Crippen LogP contribution in [0.4, 0.5) is 0 Å². The number of halogens is 3. The molecular weight excluding hydrogens is 232 g/mol. The van der Waals surface area contributed by atoms with E-state index in [4.69, 9.17) is 34.8 Å². The van der Waals surface area contributed by atoms with Gasteiger partial charge in [0.05, 0.1) is 5.02 Å². The average molecular weight is 234 g/mol. The van der Waals surface area contributed by atoms with Gasteiger partial charge in [0.2, 0.25) is 0 Å². The molecule has 2 heterocycles. The summed E-state index contributed by atoms with van der Waals surface area (Å²) >= 11 is 17.2. The van der Waals surface area contributed by atoms with Crippen LogP contribution in [0, 0.1) is 0 Å². The minimum Gasteiger partial charge on any atom is -0.235 e. The van der Waals surface area contributed by atoms with E-state index < -0.39 is 0 Å². The Morgan fingerprint density at radius 3 is 2.46 bits per heavy atom. The molecule has 0 aliphatic heterocycles. The highest BCUT2D eigenvalue weighted by molar-refractivity contribution is 6.41. The maximum Gasteiger partial charge on any atom is 0.181 e. The molecule has 2 aromatic rings. The van der Waals surface area contributed by atoms with Crippen LogP contribution in [0.3, 0.4) is 0 Å².